The Morgan fingerprint density at radius 1 is 0.348 bits per heavy atom. The molecule has 0 radical (unpaired) electrons. The Kier molecular flexibility index (Phi) is 69.3. The van der Waals surface area contributed by atoms with Gasteiger partial charge < -0.3 is 18.9 Å². The smallest absolute Gasteiger partial charge is 0.462 e. The fourth-order valence-electron chi connectivity index (χ4n) is 10.9. The van der Waals surface area contributed by atoms with Crippen LogP contribution in [-0.2, 0) is 32.7 Å². The first-order chi connectivity index (χ1) is 45.0. The molecule has 1 N–H and O–H groups in total. The number of esters is 2. The van der Waals surface area contributed by atoms with Crippen LogP contribution in [0.3, 0.4) is 0 Å². The SMILES string of the molecule is CC/C=C\C/C=C\C/C=C\C/C=C\C/C=C\C/C=C\C/C=C\CCCCCCCCCCCC(=O)OC(COC(=O)CCCCCCCCCCCCCCCCCCCCCCCCCCC/C=C\C/C=C\CCCCCCC)COP(=O)(O)OCC[N+](C)(C)C. The van der Waals surface area contributed by atoms with Crippen molar-refractivity contribution in [3.05, 3.63) is 109 Å². The molecule has 0 saturated carbocycles. The first-order valence-electron chi connectivity index (χ1n) is 38.6. The predicted molar refractivity (Wildman–Crippen MR) is 399 cm³/mol. The van der Waals surface area contributed by atoms with E-state index >= 15 is 0 Å². The third-order valence-electron chi connectivity index (χ3n) is 16.8. The molecule has 0 bridgehead atoms. The van der Waals surface area contributed by atoms with E-state index in [4.69, 9.17) is 18.5 Å². The van der Waals surface area contributed by atoms with Crippen LogP contribution in [0.4, 0.5) is 0 Å². The zero-order valence-electron chi connectivity index (χ0n) is 60.8. The van der Waals surface area contributed by atoms with Gasteiger partial charge in [-0.1, -0.05) is 342 Å². The van der Waals surface area contributed by atoms with Gasteiger partial charge in [0.05, 0.1) is 27.7 Å². The van der Waals surface area contributed by atoms with Crippen LogP contribution >= 0.6 is 7.82 Å². The van der Waals surface area contributed by atoms with Crippen molar-refractivity contribution in [2.75, 3.05) is 47.5 Å². The summed E-state index contributed by atoms with van der Waals surface area (Å²) in [5.41, 5.74) is 0. The minimum Gasteiger partial charge on any atom is -0.462 e. The van der Waals surface area contributed by atoms with Crippen molar-refractivity contribution in [1.29, 1.82) is 0 Å². The molecule has 0 aromatic heterocycles. The zero-order chi connectivity index (χ0) is 66.9. The number of phosphoric ester groups is 1. The standard InChI is InChI=1S/C82H146NO8P/c1-6-8-10-12-14-16-18-20-22-24-26-28-30-32-34-36-38-39-40-41-42-43-45-46-48-50-52-54-56-58-60-62-64-66-68-70-72-74-81(84)88-78-80(79-90-92(86,87)89-77-76-83(3,4)5)91-82(85)75-73-71-69-67-65-63-61-59-57-55-53-51-49-47-44-37-35-33-31-29-27-25-23-21-19-17-15-13-11-9-7-2/h9,11,15,17-18,20-21,23-24,26-27,29,33,35,44,47,51,53,80H,6-8,10,12-14,16,19,22,25,28,30-32,34,36-43,45-46,48-50,52,54-79H2,1-5H3/p+1/b11-9-,17-15-,20-18-,23-21-,26-24-,29-27-,35-33-,47-44-,53-51-. The highest BCUT2D eigenvalue weighted by Gasteiger charge is 2.27. The van der Waals surface area contributed by atoms with Crippen molar-refractivity contribution in [3.63, 3.8) is 0 Å². The van der Waals surface area contributed by atoms with Crippen molar-refractivity contribution in [2.24, 2.45) is 0 Å². The summed E-state index contributed by atoms with van der Waals surface area (Å²) < 4.78 is 34.8. The number of nitrogens with zero attached hydrogens (tertiary/aromatic N) is 1. The molecule has 92 heavy (non-hydrogen) atoms. The van der Waals surface area contributed by atoms with Crippen LogP contribution in [0.15, 0.2) is 109 Å². The molecular weight excluding hydrogens is 1160 g/mol. The third kappa shape index (κ3) is 75.7. The van der Waals surface area contributed by atoms with Crippen LogP contribution in [0.5, 0.6) is 0 Å². The Morgan fingerprint density at radius 3 is 0.924 bits per heavy atom. The van der Waals surface area contributed by atoms with Gasteiger partial charge >= 0.3 is 19.8 Å². The number of likely N-dealkylation sites (N-methyl/N-ethyl adjacent to an activating group) is 1. The summed E-state index contributed by atoms with van der Waals surface area (Å²) in [6, 6.07) is 0. The van der Waals surface area contributed by atoms with E-state index in [1.807, 2.05) is 21.1 Å². The van der Waals surface area contributed by atoms with Crippen molar-refractivity contribution in [2.45, 2.75) is 354 Å². The van der Waals surface area contributed by atoms with Gasteiger partial charge in [-0.3, -0.25) is 18.6 Å². The van der Waals surface area contributed by atoms with Gasteiger partial charge in [0.2, 0.25) is 0 Å². The van der Waals surface area contributed by atoms with Crippen molar-refractivity contribution in [1.82, 2.24) is 0 Å². The first kappa shape index (κ1) is 88.7. The minimum atomic E-state index is -4.40. The van der Waals surface area contributed by atoms with Crippen LogP contribution < -0.4 is 0 Å². The summed E-state index contributed by atoms with van der Waals surface area (Å²) in [5, 5.41) is 0. The average Bonchev–Trinajstić information content (AvgIpc) is 2.14. The Balaban J connectivity index is 3.99. The highest BCUT2D eigenvalue weighted by atomic mass is 31.2. The molecule has 0 aromatic rings. The molecule has 0 spiro atoms. The van der Waals surface area contributed by atoms with E-state index in [-0.39, 0.29) is 32.0 Å². The van der Waals surface area contributed by atoms with E-state index in [0.717, 1.165) is 96.3 Å². The molecule has 0 aliphatic heterocycles. The fraction of sp³-hybridized carbons (Fsp3) is 0.756. The van der Waals surface area contributed by atoms with Gasteiger partial charge in [-0.15, -0.1) is 0 Å². The number of carbonyl (C=O) groups is 2. The normalized spacial score (nSPS) is 13.7. The second-order valence-electron chi connectivity index (χ2n) is 27.0. The number of carbonyl (C=O) groups excluding carboxylic acids is 2. The lowest BCUT2D eigenvalue weighted by Crippen LogP contribution is -2.37. The maximum atomic E-state index is 12.9. The van der Waals surface area contributed by atoms with Crippen molar-refractivity contribution >= 4 is 19.8 Å². The van der Waals surface area contributed by atoms with E-state index < -0.39 is 26.5 Å². The van der Waals surface area contributed by atoms with Crippen LogP contribution in [0.2, 0.25) is 0 Å². The largest absolute Gasteiger partial charge is 0.472 e. The number of hydrogen-bond acceptors (Lipinski definition) is 7. The third-order valence-corrected chi connectivity index (χ3v) is 17.8. The highest BCUT2D eigenvalue weighted by molar-refractivity contribution is 7.47. The van der Waals surface area contributed by atoms with Gasteiger partial charge in [0.15, 0.2) is 6.10 Å². The summed E-state index contributed by atoms with van der Waals surface area (Å²) in [6.45, 7) is 4.34. The summed E-state index contributed by atoms with van der Waals surface area (Å²) in [5.74, 6) is -0.795. The molecule has 0 saturated heterocycles. The summed E-state index contributed by atoms with van der Waals surface area (Å²) in [4.78, 5) is 36.0. The van der Waals surface area contributed by atoms with Gasteiger partial charge in [-0.25, -0.2) is 4.57 Å². The monoisotopic (exact) mass is 1310 g/mol. The maximum absolute atomic E-state index is 12.9. The summed E-state index contributed by atoms with van der Waals surface area (Å²) in [7, 11) is 1.47. The molecule has 2 atom stereocenters. The Bertz CT molecular complexity index is 1920. The number of rotatable bonds is 71. The molecular formula is C82H147NO8P+. The topological polar surface area (TPSA) is 108 Å². The van der Waals surface area contributed by atoms with Crippen LogP contribution in [0, 0.1) is 0 Å². The Labute approximate surface area is 569 Å². The lowest BCUT2D eigenvalue weighted by molar-refractivity contribution is -0.870. The summed E-state index contributed by atoms with van der Waals surface area (Å²) >= 11 is 0. The molecule has 9 nitrogen and oxygen atoms in total. The van der Waals surface area contributed by atoms with E-state index in [1.54, 1.807) is 0 Å². The Hall–Kier alpha value is -3.33. The molecule has 2 unspecified atom stereocenters. The Morgan fingerprint density at radius 2 is 0.620 bits per heavy atom. The van der Waals surface area contributed by atoms with E-state index in [0.29, 0.717) is 17.4 Å². The highest BCUT2D eigenvalue weighted by Crippen LogP contribution is 2.43. The van der Waals surface area contributed by atoms with Gasteiger partial charge in [0, 0.05) is 12.8 Å². The lowest BCUT2D eigenvalue weighted by Gasteiger charge is -2.24. The first-order valence-corrected chi connectivity index (χ1v) is 40.1. The number of phosphoric acid groups is 1. The molecule has 0 rings (SSSR count). The quantitative estimate of drug-likeness (QED) is 0.0211. The van der Waals surface area contributed by atoms with Gasteiger partial charge in [-0.05, 0) is 103 Å². The van der Waals surface area contributed by atoms with E-state index in [9.17, 15) is 19.0 Å². The second kappa shape index (κ2) is 72.0. The molecule has 0 heterocycles. The maximum Gasteiger partial charge on any atom is 0.472 e. The molecule has 10 heteroatoms. The van der Waals surface area contributed by atoms with Crippen molar-refractivity contribution < 1.29 is 42.1 Å². The van der Waals surface area contributed by atoms with Crippen molar-refractivity contribution in [3.8, 4) is 0 Å². The molecule has 0 amide bonds. The fourth-order valence-corrected chi connectivity index (χ4v) is 11.7. The second-order valence-corrected chi connectivity index (χ2v) is 28.5. The van der Waals surface area contributed by atoms with Crippen LogP contribution in [-0.4, -0.2) is 74.9 Å². The van der Waals surface area contributed by atoms with Gasteiger partial charge in [-0.2, -0.15) is 0 Å². The van der Waals surface area contributed by atoms with Gasteiger partial charge in [0.25, 0.3) is 0 Å². The zero-order valence-corrected chi connectivity index (χ0v) is 61.7. The lowest BCUT2D eigenvalue weighted by atomic mass is 10.0. The molecule has 0 aliphatic carbocycles. The number of quaternary nitrogens is 1. The number of allylic oxidation sites excluding steroid dienone is 18. The van der Waals surface area contributed by atoms with E-state index in [2.05, 4.69) is 123 Å². The minimum absolute atomic E-state index is 0.0274. The molecule has 0 fully saturated rings. The summed E-state index contributed by atoms with van der Waals surface area (Å²) in [6.07, 6.45) is 102. The molecule has 532 valence electrons. The van der Waals surface area contributed by atoms with Gasteiger partial charge in [0.1, 0.15) is 19.8 Å². The average molecular weight is 1310 g/mol. The van der Waals surface area contributed by atoms with Crippen LogP contribution in [0.25, 0.3) is 0 Å². The number of hydrogen-bond donors (Lipinski definition) is 1. The molecule has 0 aromatic carbocycles. The van der Waals surface area contributed by atoms with Crippen LogP contribution in [0.1, 0.15) is 348 Å². The molecule has 0 aliphatic rings. The van der Waals surface area contributed by atoms with E-state index in [1.165, 1.54) is 218 Å². The number of unbranched alkanes of at least 4 members (excludes halogenated alkanes) is 39. The predicted octanol–water partition coefficient (Wildman–Crippen LogP) is 25.6. The number of ether oxygens (including phenoxy) is 2.